The summed E-state index contributed by atoms with van der Waals surface area (Å²) in [6, 6.07) is 16.9. The average molecular weight is 226 g/mol. The molecule has 0 radical (unpaired) electrons. The second-order valence-electron chi connectivity index (χ2n) is 4.05. The second kappa shape index (κ2) is 6.16. The van der Waals surface area contributed by atoms with Crippen LogP contribution in [0.3, 0.4) is 0 Å². The molecule has 1 aromatic heterocycles. The molecule has 0 saturated carbocycles. The van der Waals surface area contributed by atoms with Gasteiger partial charge in [0.25, 0.3) is 0 Å². The van der Waals surface area contributed by atoms with E-state index < -0.39 is 0 Å². The van der Waals surface area contributed by atoms with Crippen molar-refractivity contribution in [2.24, 2.45) is 0 Å². The Labute approximate surface area is 103 Å². The SMILES string of the molecule is CCN[C@H](Cc1ccccn1)c1ccccc1. The third-order valence-electron chi connectivity index (χ3n) is 2.79. The van der Waals surface area contributed by atoms with Crippen LogP contribution in [0.5, 0.6) is 0 Å². The number of hydrogen-bond donors (Lipinski definition) is 1. The lowest BCUT2D eigenvalue weighted by Crippen LogP contribution is -2.23. The molecule has 2 aromatic rings. The molecule has 0 saturated heterocycles. The molecule has 0 unspecified atom stereocenters. The minimum atomic E-state index is 0.344. The quantitative estimate of drug-likeness (QED) is 0.847. The van der Waals surface area contributed by atoms with Crippen LogP contribution < -0.4 is 5.32 Å². The van der Waals surface area contributed by atoms with Crippen LogP contribution in [-0.2, 0) is 6.42 Å². The van der Waals surface area contributed by atoms with Crippen LogP contribution >= 0.6 is 0 Å². The smallest absolute Gasteiger partial charge is 0.0422 e. The fourth-order valence-electron chi connectivity index (χ4n) is 1.97. The van der Waals surface area contributed by atoms with Crippen molar-refractivity contribution in [3.05, 3.63) is 66.0 Å². The molecule has 1 N–H and O–H groups in total. The van der Waals surface area contributed by atoms with Crippen molar-refractivity contribution < 1.29 is 0 Å². The summed E-state index contributed by atoms with van der Waals surface area (Å²) >= 11 is 0. The highest BCUT2D eigenvalue weighted by atomic mass is 14.9. The number of nitrogens with zero attached hydrogens (tertiary/aromatic N) is 1. The van der Waals surface area contributed by atoms with E-state index in [9.17, 15) is 0 Å². The van der Waals surface area contributed by atoms with Gasteiger partial charge in [-0.05, 0) is 24.2 Å². The summed E-state index contributed by atoms with van der Waals surface area (Å²) in [5.41, 5.74) is 2.45. The van der Waals surface area contributed by atoms with Crippen LogP contribution in [0.4, 0.5) is 0 Å². The van der Waals surface area contributed by atoms with Gasteiger partial charge in [0, 0.05) is 24.4 Å². The zero-order chi connectivity index (χ0) is 11.9. The molecule has 0 fully saturated rings. The Morgan fingerprint density at radius 2 is 1.82 bits per heavy atom. The van der Waals surface area contributed by atoms with E-state index in [1.54, 1.807) is 0 Å². The monoisotopic (exact) mass is 226 g/mol. The highest BCUT2D eigenvalue weighted by Gasteiger charge is 2.10. The van der Waals surface area contributed by atoms with E-state index in [-0.39, 0.29) is 0 Å². The highest BCUT2D eigenvalue weighted by Crippen LogP contribution is 2.16. The normalized spacial score (nSPS) is 12.3. The Hall–Kier alpha value is -1.67. The lowest BCUT2D eigenvalue weighted by atomic mass is 10.0. The predicted molar refractivity (Wildman–Crippen MR) is 70.8 cm³/mol. The molecule has 1 heterocycles. The van der Waals surface area contributed by atoms with Crippen molar-refractivity contribution in [3.8, 4) is 0 Å². The summed E-state index contributed by atoms with van der Waals surface area (Å²) in [6.07, 6.45) is 2.78. The number of pyridine rings is 1. The number of nitrogens with one attached hydrogen (secondary N) is 1. The average Bonchev–Trinajstić information content (AvgIpc) is 2.40. The lowest BCUT2D eigenvalue weighted by molar-refractivity contribution is 0.544. The number of hydrogen-bond acceptors (Lipinski definition) is 2. The molecule has 1 atom stereocenters. The molecule has 0 aliphatic carbocycles. The van der Waals surface area contributed by atoms with Crippen molar-refractivity contribution in [1.82, 2.24) is 10.3 Å². The fourth-order valence-corrected chi connectivity index (χ4v) is 1.97. The molecular weight excluding hydrogens is 208 g/mol. The van der Waals surface area contributed by atoms with Gasteiger partial charge in [-0.1, -0.05) is 43.3 Å². The Kier molecular flexibility index (Phi) is 4.28. The minimum Gasteiger partial charge on any atom is -0.310 e. The van der Waals surface area contributed by atoms with Crippen LogP contribution in [0.1, 0.15) is 24.2 Å². The van der Waals surface area contributed by atoms with Gasteiger partial charge in [-0.2, -0.15) is 0 Å². The van der Waals surface area contributed by atoms with Crippen molar-refractivity contribution in [1.29, 1.82) is 0 Å². The van der Waals surface area contributed by atoms with Gasteiger partial charge in [0.05, 0.1) is 0 Å². The van der Waals surface area contributed by atoms with Crippen LogP contribution in [0, 0.1) is 0 Å². The van der Waals surface area contributed by atoms with E-state index in [2.05, 4.69) is 47.6 Å². The molecular formula is C15H18N2. The summed E-state index contributed by atoms with van der Waals surface area (Å²) in [7, 11) is 0. The van der Waals surface area contributed by atoms with Crippen LogP contribution in [0.15, 0.2) is 54.7 Å². The van der Waals surface area contributed by atoms with E-state index in [0.29, 0.717) is 6.04 Å². The van der Waals surface area contributed by atoms with Gasteiger partial charge in [-0.3, -0.25) is 4.98 Å². The molecule has 1 aromatic carbocycles. The highest BCUT2D eigenvalue weighted by molar-refractivity contribution is 5.21. The topological polar surface area (TPSA) is 24.9 Å². The van der Waals surface area contributed by atoms with Gasteiger partial charge < -0.3 is 5.32 Å². The summed E-state index contributed by atoms with van der Waals surface area (Å²) < 4.78 is 0. The summed E-state index contributed by atoms with van der Waals surface area (Å²) in [5, 5.41) is 3.51. The van der Waals surface area contributed by atoms with Crippen molar-refractivity contribution in [2.45, 2.75) is 19.4 Å². The molecule has 17 heavy (non-hydrogen) atoms. The van der Waals surface area contributed by atoms with E-state index in [4.69, 9.17) is 0 Å². The van der Waals surface area contributed by atoms with Gasteiger partial charge in [-0.25, -0.2) is 0 Å². The third-order valence-corrected chi connectivity index (χ3v) is 2.79. The molecule has 2 heteroatoms. The fraction of sp³-hybridized carbons (Fsp3) is 0.267. The van der Waals surface area contributed by atoms with Crippen LogP contribution in [0.2, 0.25) is 0 Å². The first-order chi connectivity index (χ1) is 8.40. The molecule has 2 rings (SSSR count). The van der Waals surface area contributed by atoms with Gasteiger partial charge in [-0.15, -0.1) is 0 Å². The van der Waals surface area contributed by atoms with Crippen LogP contribution in [0.25, 0.3) is 0 Å². The number of aromatic nitrogens is 1. The maximum absolute atomic E-state index is 4.39. The number of likely N-dealkylation sites (N-methyl/N-ethyl adjacent to an activating group) is 1. The molecule has 0 aliphatic rings. The zero-order valence-corrected chi connectivity index (χ0v) is 10.1. The molecule has 88 valence electrons. The zero-order valence-electron chi connectivity index (χ0n) is 10.1. The number of benzene rings is 1. The van der Waals surface area contributed by atoms with E-state index in [1.807, 2.05) is 24.4 Å². The largest absolute Gasteiger partial charge is 0.310 e. The number of rotatable bonds is 5. The van der Waals surface area contributed by atoms with Gasteiger partial charge >= 0.3 is 0 Å². The van der Waals surface area contributed by atoms with E-state index in [1.165, 1.54) is 5.56 Å². The van der Waals surface area contributed by atoms with Crippen molar-refractivity contribution in [2.75, 3.05) is 6.54 Å². The van der Waals surface area contributed by atoms with Gasteiger partial charge in [0.2, 0.25) is 0 Å². The first kappa shape index (κ1) is 11.8. The first-order valence-corrected chi connectivity index (χ1v) is 6.08. The second-order valence-corrected chi connectivity index (χ2v) is 4.05. The van der Waals surface area contributed by atoms with Crippen molar-refractivity contribution in [3.63, 3.8) is 0 Å². The summed E-state index contributed by atoms with van der Waals surface area (Å²) in [4.78, 5) is 4.39. The predicted octanol–water partition coefficient (Wildman–Crippen LogP) is 2.97. The maximum atomic E-state index is 4.39. The van der Waals surface area contributed by atoms with Crippen molar-refractivity contribution >= 4 is 0 Å². The van der Waals surface area contributed by atoms with Gasteiger partial charge in [0.15, 0.2) is 0 Å². The standard InChI is InChI=1S/C15H18N2/c1-2-16-15(13-8-4-3-5-9-13)12-14-10-6-7-11-17-14/h3-11,15-16H,2,12H2,1H3/t15-/m1/s1. The first-order valence-electron chi connectivity index (χ1n) is 6.08. The Balaban J connectivity index is 2.13. The van der Waals surface area contributed by atoms with E-state index >= 15 is 0 Å². The molecule has 0 bridgehead atoms. The molecule has 0 amide bonds. The summed E-state index contributed by atoms with van der Waals surface area (Å²) in [5.74, 6) is 0. The Bertz CT molecular complexity index is 425. The maximum Gasteiger partial charge on any atom is 0.0422 e. The molecule has 0 spiro atoms. The lowest BCUT2D eigenvalue weighted by Gasteiger charge is -2.17. The third kappa shape index (κ3) is 3.40. The van der Waals surface area contributed by atoms with E-state index in [0.717, 1.165) is 18.7 Å². The Morgan fingerprint density at radius 3 is 2.47 bits per heavy atom. The summed E-state index contributed by atoms with van der Waals surface area (Å²) in [6.45, 7) is 3.10. The Morgan fingerprint density at radius 1 is 1.06 bits per heavy atom. The van der Waals surface area contributed by atoms with Crippen LogP contribution in [-0.4, -0.2) is 11.5 Å². The van der Waals surface area contributed by atoms with Gasteiger partial charge in [0.1, 0.15) is 0 Å². The molecule has 0 aliphatic heterocycles. The molecule has 2 nitrogen and oxygen atoms in total. The minimum absolute atomic E-state index is 0.344.